The summed E-state index contributed by atoms with van der Waals surface area (Å²) in [6.45, 7) is 5.39. The van der Waals surface area contributed by atoms with Crippen molar-refractivity contribution in [1.29, 1.82) is 0 Å². The minimum Gasteiger partial charge on any atom is -0.394 e. The molecule has 0 radical (unpaired) electrons. The monoisotopic (exact) mass is 469 g/mol. The summed E-state index contributed by atoms with van der Waals surface area (Å²) < 4.78 is 15.3. The molecular weight excluding hydrogens is 437 g/mol. The van der Waals surface area contributed by atoms with Crippen LogP contribution in [0.1, 0.15) is 56.8 Å². The van der Waals surface area contributed by atoms with E-state index < -0.39 is 11.4 Å². The number of hydrogen-bond acceptors (Lipinski definition) is 6. The standard InChI is InChI=1S/C25H32FN5O3/c1-15(14-32)29-21-11-22(31-9-8-16-10-18(26)12-28-23(16)31)27-13-20(21)24(33)30-19-6-4-17(5-7-19)25(2,3)34/h8-13,15,17,19,32,34H,4-7,14H2,1-3H3,(H,27,29)(H,30,33). The van der Waals surface area contributed by atoms with Crippen LogP contribution < -0.4 is 10.6 Å². The molecule has 1 saturated carbocycles. The van der Waals surface area contributed by atoms with Gasteiger partial charge in [0.15, 0.2) is 0 Å². The van der Waals surface area contributed by atoms with Gasteiger partial charge in [-0.3, -0.25) is 9.36 Å². The molecule has 182 valence electrons. The Kier molecular flexibility index (Phi) is 6.86. The molecule has 3 aromatic heterocycles. The zero-order valence-electron chi connectivity index (χ0n) is 19.8. The second kappa shape index (κ2) is 9.68. The molecule has 1 unspecified atom stereocenters. The largest absolute Gasteiger partial charge is 0.394 e. The molecule has 1 aliphatic carbocycles. The SMILES string of the molecule is CC(CO)Nc1cc(-n2ccc3cc(F)cnc32)ncc1C(=O)NC1CCC(C(C)(C)O)CC1. The average molecular weight is 470 g/mol. The van der Waals surface area contributed by atoms with Gasteiger partial charge in [-0.25, -0.2) is 14.4 Å². The third kappa shape index (κ3) is 5.20. The maximum Gasteiger partial charge on any atom is 0.255 e. The first-order chi connectivity index (χ1) is 16.2. The van der Waals surface area contributed by atoms with Crippen LogP contribution in [0.25, 0.3) is 16.9 Å². The van der Waals surface area contributed by atoms with Crippen LogP contribution in [-0.4, -0.2) is 54.9 Å². The molecule has 9 heteroatoms. The summed E-state index contributed by atoms with van der Waals surface area (Å²) in [5.74, 6) is 0.0867. The maximum absolute atomic E-state index is 13.5. The van der Waals surface area contributed by atoms with E-state index in [1.165, 1.54) is 12.3 Å². The normalized spacial score (nSPS) is 19.7. The third-order valence-electron chi connectivity index (χ3n) is 6.61. The molecular formula is C25H32FN5O3. The molecule has 1 fully saturated rings. The van der Waals surface area contributed by atoms with E-state index in [2.05, 4.69) is 20.6 Å². The van der Waals surface area contributed by atoms with E-state index in [-0.39, 0.29) is 30.5 Å². The van der Waals surface area contributed by atoms with Gasteiger partial charge in [0.25, 0.3) is 5.91 Å². The number of amides is 1. The van der Waals surface area contributed by atoms with E-state index in [0.29, 0.717) is 28.1 Å². The molecule has 0 aliphatic heterocycles. The number of aliphatic hydroxyl groups is 2. The van der Waals surface area contributed by atoms with E-state index in [1.807, 2.05) is 20.8 Å². The summed E-state index contributed by atoms with van der Waals surface area (Å²) in [6.07, 6.45) is 7.73. The Balaban J connectivity index is 1.57. The molecule has 3 aromatic rings. The Bertz CT molecular complexity index is 1170. The summed E-state index contributed by atoms with van der Waals surface area (Å²) in [6, 6.07) is 4.64. The number of fused-ring (bicyclic) bond motifs is 1. The lowest BCUT2D eigenvalue weighted by atomic mass is 9.77. The van der Waals surface area contributed by atoms with E-state index in [4.69, 9.17) is 0 Å². The molecule has 1 atom stereocenters. The van der Waals surface area contributed by atoms with Gasteiger partial charge in [0.05, 0.1) is 29.7 Å². The Labute approximate surface area is 198 Å². The zero-order chi connectivity index (χ0) is 24.5. The summed E-state index contributed by atoms with van der Waals surface area (Å²) in [7, 11) is 0. The number of carbonyl (C=O) groups excluding carboxylic acids is 1. The first-order valence-electron chi connectivity index (χ1n) is 11.7. The molecule has 34 heavy (non-hydrogen) atoms. The lowest BCUT2D eigenvalue weighted by Crippen LogP contribution is -2.42. The fraction of sp³-hybridized carbons (Fsp3) is 0.480. The van der Waals surface area contributed by atoms with Gasteiger partial charge in [-0.2, -0.15) is 0 Å². The smallest absolute Gasteiger partial charge is 0.255 e. The van der Waals surface area contributed by atoms with Gasteiger partial charge < -0.3 is 20.8 Å². The van der Waals surface area contributed by atoms with Crippen LogP contribution in [0.15, 0.2) is 36.8 Å². The van der Waals surface area contributed by atoms with Crippen molar-refractivity contribution in [2.45, 2.75) is 64.1 Å². The fourth-order valence-electron chi connectivity index (χ4n) is 4.58. The first kappa shape index (κ1) is 24.1. The molecule has 0 saturated heterocycles. The van der Waals surface area contributed by atoms with Crippen LogP contribution in [-0.2, 0) is 0 Å². The van der Waals surface area contributed by atoms with Crippen molar-refractivity contribution < 1.29 is 19.4 Å². The highest BCUT2D eigenvalue weighted by Gasteiger charge is 2.32. The number of aliphatic hydroxyl groups excluding tert-OH is 1. The lowest BCUT2D eigenvalue weighted by molar-refractivity contribution is -0.00257. The number of carbonyl (C=O) groups is 1. The van der Waals surface area contributed by atoms with Crippen molar-refractivity contribution in [1.82, 2.24) is 19.9 Å². The maximum atomic E-state index is 13.5. The molecule has 0 spiro atoms. The lowest BCUT2D eigenvalue weighted by Gasteiger charge is -2.36. The molecule has 0 aromatic carbocycles. The Hall–Kier alpha value is -3.04. The van der Waals surface area contributed by atoms with Crippen molar-refractivity contribution in [3.63, 3.8) is 0 Å². The Morgan fingerprint density at radius 2 is 1.97 bits per heavy atom. The van der Waals surface area contributed by atoms with Gasteiger partial charge in [-0.1, -0.05) is 0 Å². The van der Waals surface area contributed by atoms with Crippen molar-refractivity contribution in [2.75, 3.05) is 11.9 Å². The highest BCUT2D eigenvalue weighted by atomic mass is 19.1. The molecule has 3 heterocycles. The van der Waals surface area contributed by atoms with Crippen LogP contribution in [0.4, 0.5) is 10.1 Å². The number of pyridine rings is 2. The summed E-state index contributed by atoms with van der Waals surface area (Å²) >= 11 is 0. The Morgan fingerprint density at radius 1 is 1.24 bits per heavy atom. The van der Waals surface area contributed by atoms with Crippen LogP contribution in [0.2, 0.25) is 0 Å². The molecule has 4 rings (SSSR count). The number of anilines is 1. The van der Waals surface area contributed by atoms with Gasteiger partial charge in [-0.05, 0) is 64.5 Å². The van der Waals surface area contributed by atoms with Gasteiger partial charge in [0, 0.05) is 35.9 Å². The third-order valence-corrected chi connectivity index (χ3v) is 6.61. The number of hydrogen-bond donors (Lipinski definition) is 4. The van der Waals surface area contributed by atoms with E-state index >= 15 is 0 Å². The molecule has 1 amide bonds. The predicted molar refractivity (Wildman–Crippen MR) is 129 cm³/mol. The number of nitrogens with one attached hydrogen (secondary N) is 2. The molecule has 8 nitrogen and oxygen atoms in total. The number of aromatic nitrogens is 3. The fourth-order valence-corrected chi connectivity index (χ4v) is 4.58. The first-order valence-corrected chi connectivity index (χ1v) is 11.7. The van der Waals surface area contributed by atoms with Gasteiger partial charge >= 0.3 is 0 Å². The van der Waals surface area contributed by atoms with Crippen LogP contribution >= 0.6 is 0 Å². The summed E-state index contributed by atoms with van der Waals surface area (Å²) in [5.41, 5.74) is 0.758. The van der Waals surface area contributed by atoms with Crippen molar-refractivity contribution >= 4 is 22.6 Å². The van der Waals surface area contributed by atoms with Crippen LogP contribution in [0, 0.1) is 11.7 Å². The van der Waals surface area contributed by atoms with Crippen molar-refractivity contribution in [3.8, 4) is 5.82 Å². The average Bonchev–Trinajstić information content (AvgIpc) is 3.21. The number of halogens is 1. The van der Waals surface area contributed by atoms with Gasteiger partial charge in [0.1, 0.15) is 17.3 Å². The minimum atomic E-state index is -0.713. The van der Waals surface area contributed by atoms with Crippen molar-refractivity contribution in [3.05, 3.63) is 48.2 Å². The van der Waals surface area contributed by atoms with Crippen LogP contribution in [0.3, 0.4) is 0 Å². The number of nitrogens with zero attached hydrogens (tertiary/aromatic N) is 3. The number of rotatable bonds is 7. The molecule has 4 N–H and O–H groups in total. The second-order valence-corrected chi connectivity index (χ2v) is 9.74. The van der Waals surface area contributed by atoms with Gasteiger partial charge in [0.2, 0.25) is 0 Å². The minimum absolute atomic E-state index is 0.0291. The van der Waals surface area contributed by atoms with Gasteiger partial charge in [-0.15, -0.1) is 0 Å². The van der Waals surface area contributed by atoms with E-state index in [0.717, 1.165) is 31.9 Å². The quantitative estimate of drug-likeness (QED) is 0.422. The highest BCUT2D eigenvalue weighted by Crippen LogP contribution is 2.33. The van der Waals surface area contributed by atoms with Crippen LogP contribution in [0.5, 0.6) is 0 Å². The molecule has 1 aliphatic rings. The predicted octanol–water partition coefficient (Wildman–Crippen LogP) is 3.41. The summed E-state index contributed by atoms with van der Waals surface area (Å²) in [5, 5.41) is 26.7. The topological polar surface area (TPSA) is 112 Å². The van der Waals surface area contributed by atoms with E-state index in [1.54, 1.807) is 22.9 Å². The van der Waals surface area contributed by atoms with Crippen molar-refractivity contribution in [2.24, 2.45) is 5.92 Å². The van der Waals surface area contributed by atoms with E-state index in [9.17, 15) is 19.4 Å². The molecule has 0 bridgehead atoms. The Morgan fingerprint density at radius 3 is 2.65 bits per heavy atom. The zero-order valence-corrected chi connectivity index (χ0v) is 19.8. The second-order valence-electron chi connectivity index (χ2n) is 9.74. The highest BCUT2D eigenvalue weighted by molar-refractivity contribution is 5.99. The summed E-state index contributed by atoms with van der Waals surface area (Å²) in [4.78, 5) is 21.8.